The number of benzene rings is 1. The van der Waals surface area contributed by atoms with Gasteiger partial charge in [-0.15, -0.1) is 0 Å². The smallest absolute Gasteiger partial charge is 0.0595 e. The van der Waals surface area contributed by atoms with Crippen LogP contribution in [0.15, 0.2) is 18.2 Å². The van der Waals surface area contributed by atoms with Crippen molar-refractivity contribution in [3.8, 4) is 0 Å². The molecule has 3 heteroatoms. The lowest BCUT2D eigenvalue weighted by Crippen LogP contribution is -2.18. The Morgan fingerprint density at radius 3 is 2.43 bits per heavy atom. The Balaban J connectivity index is 2.91. The molecule has 14 heavy (non-hydrogen) atoms. The summed E-state index contributed by atoms with van der Waals surface area (Å²) in [6.45, 7) is 4.26. The van der Waals surface area contributed by atoms with Crippen molar-refractivity contribution in [2.45, 2.75) is 26.3 Å². The van der Waals surface area contributed by atoms with Gasteiger partial charge in [0, 0.05) is 6.04 Å². The molecule has 0 aliphatic rings. The molecule has 1 unspecified atom stereocenters. The summed E-state index contributed by atoms with van der Waals surface area (Å²) in [5, 5.41) is 1.15. The average molecular weight is 232 g/mol. The minimum absolute atomic E-state index is 0.0368. The molecule has 0 amide bonds. The van der Waals surface area contributed by atoms with Crippen molar-refractivity contribution in [1.82, 2.24) is 0 Å². The van der Waals surface area contributed by atoms with E-state index in [0.717, 1.165) is 12.0 Å². The van der Waals surface area contributed by atoms with E-state index in [1.54, 1.807) is 6.07 Å². The minimum Gasteiger partial charge on any atom is -0.324 e. The fourth-order valence-electron chi connectivity index (χ4n) is 1.30. The summed E-state index contributed by atoms with van der Waals surface area (Å²) >= 11 is 11.7. The fourth-order valence-corrected chi connectivity index (χ4v) is 1.61. The van der Waals surface area contributed by atoms with E-state index in [4.69, 9.17) is 28.9 Å². The van der Waals surface area contributed by atoms with E-state index in [-0.39, 0.29) is 6.04 Å². The Morgan fingerprint density at radius 2 is 1.93 bits per heavy atom. The van der Waals surface area contributed by atoms with E-state index in [2.05, 4.69) is 13.8 Å². The van der Waals surface area contributed by atoms with Crippen molar-refractivity contribution in [3.05, 3.63) is 33.8 Å². The lowest BCUT2D eigenvalue weighted by Gasteiger charge is -2.18. The molecule has 0 aliphatic carbocycles. The van der Waals surface area contributed by atoms with Crippen LogP contribution in [-0.2, 0) is 0 Å². The molecule has 1 nitrogen and oxygen atoms in total. The van der Waals surface area contributed by atoms with Crippen LogP contribution in [0.2, 0.25) is 10.0 Å². The van der Waals surface area contributed by atoms with E-state index in [1.807, 2.05) is 12.1 Å². The summed E-state index contributed by atoms with van der Waals surface area (Å²) < 4.78 is 0. The third-order valence-corrected chi connectivity index (χ3v) is 3.32. The summed E-state index contributed by atoms with van der Waals surface area (Å²) in [6.07, 6.45) is 1.06. The van der Waals surface area contributed by atoms with Crippen molar-refractivity contribution in [2.24, 2.45) is 11.7 Å². The molecule has 1 rings (SSSR count). The molecule has 0 heterocycles. The molecule has 78 valence electrons. The Labute approximate surface area is 95.2 Å². The molecular weight excluding hydrogens is 217 g/mol. The third-order valence-electron chi connectivity index (χ3n) is 2.59. The van der Waals surface area contributed by atoms with E-state index < -0.39 is 0 Å². The molecule has 0 bridgehead atoms. The van der Waals surface area contributed by atoms with Crippen LogP contribution in [0.4, 0.5) is 0 Å². The molecular formula is C11H15Cl2N. The van der Waals surface area contributed by atoms with Gasteiger partial charge in [0.1, 0.15) is 0 Å². The van der Waals surface area contributed by atoms with Crippen molar-refractivity contribution >= 4 is 23.2 Å². The maximum Gasteiger partial charge on any atom is 0.0595 e. The van der Waals surface area contributed by atoms with Gasteiger partial charge in [0.2, 0.25) is 0 Å². The zero-order valence-electron chi connectivity index (χ0n) is 8.43. The summed E-state index contributed by atoms with van der Waals surface area (Å²) in [4.78, 5) is 0. The molecule has 0 spiro atoms. The highest BCUT2D eigenvalue weighted by Crippen LogP contribution is 2.28. The molecule has 1 aromatic carbocycles. The standard InChI is InChI=1S/C11H15Cl2N/c1-3-7(2)11(14)8-4-5-9(12)10(13)6-8/h4-7,11H,3,14H2,1-2H3/t7?,11-/m0/s1. The van der Waals surface area contributed by atoms with Crippen molar-refractivity contribution in [2.75, 3.05) is 0 Å². The van der Waals surface area contributed by atoms with Gasteiger partial charge in [0.15, 0.2) is 0 Å². The average Bonchev–Trinajstić information content (AvgIpc) is 2.20. The lowest BCUT2D eigenvalue weighted by atomic mass is 9.93. The highest BCUT2D eigenvalue weighted by Gasteiger charge is 2.13. The van der Waals surface area contributed by atoms with Gasteiger partial charge in [0.05, 0.1) is 10.0 Å². The van der Waals surface area contributed by atoms with Gasteiger partial charge in [-0.2, -0.15) is 0 Å². The first kappa shape index (κ1) is 11.8. The van der Waals surface area contributed by atoms with Crippen molar-refractivity contribution < 1.29 is 0 Å². The zero-order chi connectivity index (χ0) is 10.7. The molecule has 2 N–H and O–H groups in total. The van der Waals surface area contributed by atoms with Gasteiger partial charge in [0.25, 0.3) is 0 Å². The predicted molar refractivity (Wildman–Crippen MR) is 62.8 cm³/mol. The summed E-state index contributed by atoms with van der Waals surface area (Å²) in [7, 11) is 0. The highest BCUT2D eigenvalue weighted by atomic mass is 35.5. The first-order chi connectivity index (χ1) is 6.56. The second-order valence-corrected chi connectivity index (χ2v) is 4.40. The number of hydrogen-bond acceptors (Lipinski definition) is 1. The molecule has 0 fully saturated rings. The maximum absolute atomic E-state index is 6.07. The van der Waals surface area contributed by atoms with Crippen LogP contribution in [0.1, 0.15) is 31.9 Å². The molecule has 0 radical (unpaired) electrons. The second kappa shape index (κ2) is 5.01. The van der Waals surface area contributed by atoms with E-state index in [9.17, 15) is 0 Å². The van der Waals surface area contributed by atoms with Crippen LogP contribution in [0.5, 0.6) is 0 Å². The van der Waals surface area contributed by atoms with E-state index in [1.165, 1.54) is 0 Å². The molecule has 0 aromatic heterocycles. The van der Waals surface area contributed by atoms with Gasteiger partial charge >= 0.3 is 0 Å². The second-order valence-electron chi connectivity index (χ2n) is 3.58. The lowest BCUT2D eigenvalue weighted by molar-refractivity contribution is 0.457. The Morgan fingerprint density at radius 1 is 1.29 bits per heavy atom. The van der Waals surface area contributed by atoms with Gasteiger partial charge in [-0.1, -0.05) is 49.5 Å². The van der Waals surface area contributed by atoms with Crippen LogP contribution in [0.25, 0.3) is 0 Å². The van der Waals surface area contributed by atoms with Gasteiger partial charge in [-0.3, -0.25) is 0 Å². The number of halogens is 2. The number of hydrogen-bond donors (Lipinski definition) is 1. The largest absolute Gasteiger partial charge is 0.324 e. The molecule has 0 aliphatic heterocycles. The van der Waals surface area contributed by atoms with Crippen molar-refractivity contribution in [1.29, 1.82) is 0 Å². The summed E-state index contributed by atoms with van der Waals surface area (Å²) in [5.41, 5.74) is 7.12. The van der Waals surface area contributed by atoms with Crippen LogP contribution in [0.3, 0.4) is 0 Å². The molecule has 0 saturated heterocycles. The topological polar surface area (TPSA) is 26.0 Å². The van der Waals surface area contributed by atoms with Crippen LogP contribution < -0.4 is 5.73 Å². The number of nitrogens with two attached hydrogens (primary N) is 1. The van der Waals surface area contributed by atoms with Gasteiger partial charge < -0.3 is 5.73 Å². The van der Waals surface area contributed by atoms with E-state index in [0.29, 0.717) is 16.0 Å². The van der Waals surface area contributed by atoms with E-state index >= 15 is 0 Å². The number of rotatable bonds is 3. The Hall–Kier alpha value is -0.240. The maximum atomic E-state index is 6.07. The molecule has 1 aromatic rings. The van der Waals surface area contributed by atoms with Crippen LogP contribution >= 0.6 is 23.2 Å². The van der Waals surface area contributed by atoms with Gasteiger partial charge in [-0.05, 0) is 23.6 Å². The normalized spacial score (nSPS) is 15.2. The van der Waals surface area contributed by atoms with Crippen LogP contribution in [0, 0.1) is 5.92 Å². The fraction of sp³-hybridized carbons (Fsp3) is 0.455. The Bertz CT molecular complexity index is 312. The molecule has 0 saturated carbocycles. The zero-order valence-corrected chi connectivity index (χ0v) is 9.94. The van der Waals surface area contributed by atoms with Gasteiger partial charge in [-0.25, -0.2) is 0 Å². The molecule has 2 atom stereocenters. The highest BCUT2D eigenvalue weighted by molar-refractivity contribution is 6.42. The summed E-state index contributed by atoms with van der Waals surface area (Å²) in [6, 6.07) is 5.61. The monoisotopic (exact) mass is 231 g/mol. The third kappa shape index (κ3) is 2.63. The first-order valence-corrected chi connectivity index (χ1v) is 5.52. The summed E-state index contributed by atoms with van der Waals surface area (Å²) in [5.74, 6) is 0.451. The van der Waals surface area contributed by atoms with Crippen LogP contribution in [-0.4, -0.2) is 0 Å². The van der Waals surface area contributed by atoms with Crippen molar-refractivity contribution in [3.63, 3.8) is 0 Å². The Kier molecular flexibility index (Phi) is 4.24. The minimum atomic E-state index is 0.0368. The predicted octanol–water partition coefficient (Wildman–Crippen LogP) is 4.04. The quantitative estimate of drug-likeness (QED) is 0.836. The first-order valence-electron chi connectivity index (χ1n) is 4.76. The SMILES string of the molecule is CCC(C)[C@H](N)c1ccc(Cl)c(Cl)c1.